The summed E-state index contributed by atoms with van der Waals surface area (Å²) in [5.74, 6) is -0.692. The summed E-state index contributed by atoms with van der Waals surface area (Å²) >= 11 is 0. The first-order valence-electron chi connectivity index (χ1n) is 11.8. The van der Waals surface area contributed by atoms with Gasteiger partial charge < -0.3 is 5.32 Å². The number of hydrogen-bond donors (Lipinski definition) is 1. The van der Waals surface area contributed by atoms with Crippen LogP contribution in [0.4, 0.5) is 5.69 Å². The summed E-state index contributed by atoms with van der Waals surface area (Å²) in [6.07, 6.45) is 6.75. The van der Waals surface area contributed by atoms with Gasteiger partial charge in [0.05, 0.1) is 12.3 Å². The molecule has 1 N–H and O–H groups in total. The minimum atomic E-state index is -3.63. The Bertz CT molecular complexity index is 954. The van der Waals surface area contributed by atoms with E-state index < -0.39 is 15.6 Å². The molecule has 1 heterocycles. The van der Waals surface area contributed by atoms with Gasteiger partial charge in [-0.25, -0.2) is 8.42 Å². The molecule has 2 aliphatic rings. The smallest absolute Gasteiger partial charge is 0.247 e. The van der Waals surface area contributed by atoms with Crippen LogP contribution in [0.2, 0.25) is 0 Å². The summed E-state index contributed by atoms with van der Waals surface area (Å²) in [6.45, 7) is 7.05. The molecule has 1 aromatic carbocycles. The van der Waals surface area contributed by atoms with Crippen LogP contribution in [0.1, 0.15) is 69.9 Å². The predicted octanol–water partition coefficient (Wildman–Crippen LogP) is 3.29. The van der Waals surface area contributed by atoms with Crippen molar-refractivity contribution in [1.82, 2.24) is 9.62 Å². The molecule has 0 spiro atoms. The quantitative estimate of drug-likeness (QED) is 0.656. The average molecular weight is 464 g/mol. The van der Waals surface area contributed by atoms with Crippen LogP contribution < -0.4 is 10.2 Å². The van der Waals surface area contributed by atoms with Crippen molar-refractivity contribution in [2.45, 2.75) is 84.2 Å². The molecule has 8 heteroatoms. The number of rotatable bonds is 6. The van der Waals surface area contributed by atoms with E-state index in [1.54, 1.807) is 18.7 Å². The molecule has 1 aliphatic carbocycles. The van der Waals surface area contributed by atoms with Gasteiger partial charge in [0.1, 0.15) is 5.54 Å². The SMILES string of the molecule is CCCS(=O)(=O)N1CC(=O)N(c2cc(C)ccc2C)[C@](C)(C(=O)NC2CCCCCC2)C1. The monoisotopic (exact) mass is 463 g/mol. The summed E-state index contributed by atoms with van der Waals surface area (Å²) in [7, 11) is -3.63. The van der Waals surface area contributed by atoms with Gasteiger partial charge in [-0.2, -0.15) is 4.31 Å². The van der Waals surface area contributed by atoms with E-state index in [2.05, 4.69) is 5.32 Å². The minimum absolute atomic E-state index is 0.0376. The number of sulfonamides is 1. The number of nitrogens with zero attached hydrogens (tertiary/aromatic N) is 2. The zero-order valence-corrected chi connectivity index (χ0v) is 20.6. The third kappa shape index (κ3) is 5.17. The van der Waals surface area contributed by atoms with Crippen molar-refractivity contribution in [2.24, 2.45) is 0 Å². The molecule has 3 rings (SSSR count). The van der Waals surface area contributed by atoms with Crippen LogP contribution in [0.15, 0.2) is 18.2 Å². The van der Waals surface area contributed by atoms with Gasteiger partial charge in [-0.1, -0.05) is 44.7 Å². The highest BCUT2D eigenvalue weighted by Gasteiger charge is 2.51. The molecule has 7 nitrogen and oxygen atoms in total. The summed E-state index contributed by atoms with van der Waals surface area (Å²) in [4.78, 5) is 28.7. The van der Waals surface area contributed by atoms with Crippen molar-refractivity contribution in [1.29, 1.82) is 0 Å². The lowest BCUT2D eigenvalue weighted by Crippen LogP contribution is -2.71. The number of amides is 2. The van der Waals surface area contributed by atoms with Crippen molar-refractivity contribution in [3.63, 3.8) is 0 Å². The van der Waals surface area contributed by atoms with E-state index in [-0.39, 0.29) is 36.7 Å². The predicted molar refractivity (Wildman–Crippen MR) is 127 cm³/mol. The van der Waals surface area contributed by atoms with Crippen molar-refractivity contribution in [3.8, 4) is 0 Å². The summed E-state index contributed by atoms with van der Waals surface area (Å²) < 4.78 is 26.9. The third-order valence-corrected chi connectivity index (χ3v) is 8.65. The lowest BCUT2D eigenvalue weighted by molar-refractivity contribution is -0.133. The normalized spacial score (nSPS) is 23.8. The lowest BCUT2D eigenvalue weighted by atomic mass is 9.92. The maximum absolute atomic E-state index is 13.7. The zero-order chi connectivity index (χ0) is 23.5. The molecule has 1 saturated heterocycles. The van der Waals surface area contributed by atoms with Gasteiger partial charge in [0, 0.05) is 18.3 Å². The highest BCUT2D eigenvalue weighted by molar-refractivity contribution is 7.89. The molecule has 32 heavy (non-hydrogen) atoms. The van der Waals surface area contributed by atoms with Gasteiger partial charge in [-0.15, -0.1) is 0 Å². The molecule has 2 amide bonds. The Kier molecular flexibility index (Phi) is 7.65. The third-order valence-electron chi connectivity index (χ3n) is 6.68. The Labute approximate surface area is 192 Å². The molecule has 1 atom stereocenters. The van der Waals surface area contributed by atoms with Gasteiger partial charge in [-0.3, -0.25) is 14.5 Å². The molecular formula is C24H37N3O4S. The molecule has 0 radical (unpaired) electrons. The van der Waals surface area contributed by atoms with E-state index in [9.17, 15) is 18.0 Å². The molecule has 178 valence electrons. The number of hydrogen-bond acceptors (Lipinski definition) is 4. The van der Waals surface area contributed by atoms with E-state index in [0.717, 1.165) is 36.8 Å². The fourth-order valence-electron chi connectivity index (χ4n) is 4.85. The number of benzene rings is 1. The second-order valence-electron chi connectivity index (χ2n) is 9.54. The molecule has 0 aromatic heterocycles. The van der Waals surface area contributed by atoms with E-state index >= 15 is 0 Å². The molecule has 1 aromatic rings. The van der Waals surface area contributed by atoms with Crippen LogP contribution >= 0.6 is 0 Å². The Morgan fingerprint density at radius 1 is 1.16 bits per heavy atom. The molecule has 1 saturated carbocycles. The molecule has 0 bridgehead atoms. The lowest BCUT2D eigenvalue weighted by Gasteiger charge is -2.47. The van der Waals surface area contributed by atoms with Crippen LogP contribution in [0, 0.1) is 13.8 Å². The highest BCUT2D eigenvalue weighted by Crippen LogP contribution is 2.34. The Morgan fingerprint density at radius 3 is 2.44 bits per heavy atom. The van der Waals surface area contributed by atoms with Crippen LogP contribution in [0.3, 0.4) is 0 Å². The fourth-order valence-corrected chi connectivity index (χ4v) is 6.38. The van der Waals surface area contributed by atoms with Crippen molar-refractivity contribution >= 4 is 27.5 Å². The van der Waals surface area contributed by atoms with E-state index in [1.165, 1.54) is 17.1 Å². The first-order valence-corrected chi connectivity index (χ1v) is 13.4. The number of nitrogens with one attached hydrogen (secondary N) is 1. The van der Waals surface area contributed by atoms with Crippen LogP contribution in [-0.2, 0) is 19.6 Å². The van der Waals surface area contributed by atoms with Gasteiger partial charge in [-0.05, 0) is 57.2 Å². The molecule has 2 fully saturated rings. The fraction of sp³-hybridized carbons (Fsp3) is 0.667. The van der Waals surface area contributed by atoms with Gasteiger partial charge in [0.2, 0.25) is 21.8 Å². The Balaban J connectivity index is 2.01. The summed E-state index contributed by atoms with van der Waals surface area (Å²) in [6, 6.07) is 5.86. The van der Waals surface area contributed by atoms with E-state index in [4.69, 9.17) is 0 Å². The van der Waals surface area contributed by atoms with E-state index in [0.29, 0.717) is 12.1 Å². The van der Waals surface area contributed by atoms with Crippen LogP contribution in [0.25, 0.3) is 0 Å². The van der Waals surface area contributed by atoms with Crippen molar-refractivity contribution in [3.05, 3.63) is 29.3 Å². The molecule has 0 unspecified atom stereocenters. The van der Waals surface area contributed by atoms with Crippen LogP contribution in [0.5, 0.6) is 0 Å². The first-order chi connectivity index (χ1) is 15.1. The summed E-state index contributed by atoms with van der Waals surface area (Å²) in [5, 5.41) is 3.17. The largest absolute Gasteiger partial charge is 0.351 e. The molecule has 1 aliphatic heterocycles. The van der Waals surface area contributed by atoms with Gasteiger partial charge >= 0.3 is 0 Å². The minimum Gasteiger partial charge on any atom is -0.351 e. The maximum atomic E-state index is 13.7. The number of piperazine rings is 1. The first kappa shape index (κ1) is 24.7. The number of carbonyl (C=O) groups excluding carboxylic acids is 2. The Hall–Kier alpha value is -1.93. The van der Waals surface area contributed by atoms with Crippen LogP contribution in [-0.4, -0.2) is 55.0 Å². The topological polar surface area (TPSA) is 86.8 Å². The van der Waals surface area contributed by atoms with Gasteiger partial charge in [0.25, 0.3) is 0 Å². The zero-order valence-electron chi connectivity index (χ0n) is 19.8. The number of anilines is 1. The number of carbonyl (C=O) groups is 2. The maximum Gasteiger partial charge on any atom is 0.247 e. The highest BCUT2D eigenvalue weighted by atomic mass is 32.2. The Morgan fingerprint density at radius 2 is 1.81 bits per heavy atom. The van der Waals surface area contributed by atoms with Crippen molar-refractivity contribution in [2.75, 3.05) is 23.7 Å². The standard InChI is InChI=1S/C24H37N3O4S/c1-5-14-32(30,31)26-16-22(28)27(21-15-18(2)12-13-19(21)3)24(4,17-26)23(29)25-20-10-8-6-7-9-11-20/h12-13,15,20H,5-11,14,16-17H2,1-4H3,(H,25,29)/t24-/m0/s1. The second kappa shape index (κ2) is 9.91. The average Bonchev–Trinajstić information content (AvgIpc) is 2.98. The number of aryl methyl sites for hydroxylation is 2. The van der Waals surface area contributed by atoms with E-state index in [1.807, 2.05) is 32.0 Å². The molecular weight excluding hydrogens is 426 g/mol. The summed E-state index contributed by atoms with van der Waals surface area (Å²) in [5.41, 5.74) is 1.19. The van der Waals surface area contributed by atoms with Gasteiger partial charge in [0.15, 0.2) is 0 Å². The van der Waals surface area contributed by atoms with Crippen molar-refractivity contribution < 1.29 is 18.0 Å². The second-order valence-corrected chi connectivity index (χ2v) is 11.6.